The molecule has 0 spiro atoms. The number of nitrogens with two attached hydrogens (primary N) is 1. The van der Waals surface area contributed by atoms with Crippen molar-refractivity contribution in [1.82, 2.24) is 4.31 Å². The van der Waals surface area contributed by atoms with Crippen LogP contribution >= 0.6 is 15.9 Å². The largest absolute Gasteiger partial charge is 0.398 e. The summed E-state index contributed by atoms with van der Waals surface area (Å²) in [5.41, 5.74) is 7.03. The van der Waals surface area contributed by atoms with Crippen molar-refractivity contribution in [3.8, 4) is 0 Å². The molecule has 1 aliphatic heterocycles. The molecule has 0 amide bonds. The van der Waals surface area contributed by atoms with Gasteiger partial charge in [-0.05, 0) is 66.7 Å². The number of rotatable bonds is 3. The SMILES string of the molecule is CCC1CCC(C)N1S(=O)(=O)c1cc(N)c(Br)cc1C. The minimum absolute atomic E-state index is 0.0502. The number of anilines is 1. The lowest BCUT2D eigenvalue weighted by molar-refractivity contribution is 0.328. The molecule has 0 bridgehead atoms. The van der Waals surface area contributed by atoms with Crippen molar-refractivity contribution in [2.75, 3.05) is 5.73 Å². The fraction of sp³-hybridized carbons (Fsp3) is 0.571. The number of hydrogen-bond donors (Lipinski definition) is 1. The molecular weight excluding hydrogens is 340 g/mol. The molecule has 20 heavy (non-hydrogen) atoms. The van der Waals surface area contributed by atoms with Crippen molar-refractivity contribution in [1.29, 1.82) is 0 Å². The first-order chi connectivity index (χ1) is 9.28. The van der Waals surface area contributed by atoms with Crippen LogP contribution in [0.15, 0.2) is 21.5 Å². The van der Waals surface area contributed by atoms with Crippen LogP contribution in [0.4, 0.5) is 5.69 Å². The molecule has 1 aliphatic rings. The normalized spacial score (nSPS) is 24.2. The van der Waals surface area contributed by atoms with Crippen molar-refractivity contribution in [2.45, 2.75) is 57.0 Å². The lowest BCUT2D eigenvalue weighted by Gasteiger charge is -2.28. The second-order valence-electron chi connectivity index (χ2n) is 5.46. The zero-order valence-electron chi connectivity index (χ0n) is 12.1. The van der Waals surface area contributed by atoms with E-state index in [4.69, 9.17) is 5.73 Å². The average Bonchev–Trinajstić information content (AvgIpc) is 2.75. The summed E-state index contributed by atoms with van der Waals surface area (Å²) in [7, 11) is -3.49. The van der Waals surface area contributed by atoms with E-state index < -0.39 is 10.0 Å². The summed E-state index contributed by atoms with van der Waals surface area (Å²) in [6, 6.07) is 3.48. The van der Waals surface area contributed by atoms with Gasteiger partial charge in [0.25, 0.3) is 0 Å². The van der Waals surface area contributed by atoms with Gasteiger partial charge >= 0.3 is 0 Å². The van der Waals surface area contributed by atoms with Crippen LogP contribution in [-0.4, -0.2) is 24.8 Å². The predicted octanol–water partition coefficient (Wildman–Crippen LogP) is 3.29. The quantitative estimate of drug-likeness (QED) is 0.841. The van der Waals surface area contributed by atoms with Gasteiger partial charge < -0.3 is 5.73 Å². The van der Waals surface area contributed by atoms with Gasteiger partial charge in [-0.15, -0.1) is 0 Å². The molecule has 2 unspecified atom stereocenters. The molecule has 4 nitrogen and oxygen atoms in total. The minimum Gasteiger partial charge on any atom is -0.398 e. The van der Waals surface area contributed by atoms with Gasteiger partial charge in [-0.25, -0.2) is 8.42 Å². The fourth-order valence-corrected chi connectivity index (χ4v) is 5.58. The molecule has 1 fully saturated rings. The van der Waals surface area contributed by atoms with Gasteiger partial charge in [-0.3, -0.25) is 0 Å². The Morgan fingerprint density at radius 1 is 1.40 bits per heavy atom. The van der Waals surface area contributed by atoms with Gasteiger partial charge in [-0.2, -0.15) is 4.31 Å². The first-order valence-electron chi connectivity index (χ1n) is 6.88. The van der Waals surface area contributed by atoms with Crippen LogP contribution in [0.25, 0.3) is 0 Å². The van der Waals surface area contributed by atoms with E-state index in [9.17, 15) is 8.42 Å². The molecule has 1 heterocycles. The van der Waals surface area contributed by atoms with Crippen LogP contribution in [0.2, 0.25) is 0 Å². The van der Waals surface area contributed by atoms with Gasteiger partial charge in [-0.1, -0.05) is 6.92 Å². The van der Waals surface area contributed by atoms with Crippen molar-refractivity contribution in [3.63, 3.8) is 0 Å². The molecule has 2 rings (SSSR count). The van der Waals surface area contributed by atoms with E-state index in [1.807, 2.05) is 13.8 Å². The first kappa shape index (κ1) is 15.8. The number of aryl methyl sites for hydroxylation is 1. The second-order valence-corrected chi connectivity index (χ2v) is 8.13. The van der Waals surface area contributed by atoms with E-state index in [0.29, 0.717) is 10.6 Å². The Morgan fingerprint density at radius 2 is 2.05 bits per heavy atom. The molecule has 0 aromatic heterocycles. The highest BCUT2D eigenvalue weighted by Gasteiger charge is 2.39. The summed E-state index contributed by atoms with van der Waals surface area (Å²) < 4.78 is 28.3. The molecule has 2 N–H and O–H groups in total. The summed E-state index contributed by atoms with van der Waals surface area (Å²) >= 11 is 3.33. The summed E-state index contributed by atoms with van der Waals surface area (Å²) in [5.74, 6) is 0. The third kappa shape index (κ3) is 2.61. The number of sulfonamides is 1. The number of nitrogen functional groups attached to an aromatic ring is 1. The van der Waals surface area contributed by atoms with Crippen LogP contribution in [0.3, 0.4) is 0 Å². The van der Waals surface area contributed by atoms with Gasteiger partial charge in [0.1, 0.15) is 0 Å². The molecular formula is C14H21BrN2O2S. The molecule has 6 heteroatoms. The third-order valence-corrected chi connectivity index (χ3v) is 6.93. The highest BCUT2D eigenvalue weighted by Crippen LogP contribution is 2.35. The van der Waals surface area contributed by atoms with Crippen LogP contribution in [-0.2, 0) is 10.0 Å². The van der Waals surface area contributed by atoms with Crippen molar-refractivity contribution in [3.05, 3.63) is 22.2 Å². The van der Waals surface area contributed by atoms with Crippen molar-refractivity contribution in [2.24, 2.45) is 0 Å². The smallest absolute Gasteiger partial charge is 0.243 e. The Morgan fingerprint density at radius 3 is 2.65 bits per heavy atom. The molecule has 2 atom stereocenters. The molecule has 0 saturated carbocycles. The summed E-state index contributed by atoms with van der Waals surface area (Å²) in [6.07, 6.45) is 2.69. The van der Waals surface area contributed by atoms with E-state index in [0.717, 1.165) is 29.3 Å². The second kappa shape index (κ2) is 5.66. The Kier molecular flexibility index (Phi) is 4.47. The van der Waals surface area contributed by atoms with Crippen molar-refractivity contribution < 1.29 is 8.42 Å². The van der Waals surface area contributed by atoms with E-state index in [2.05, 4.69) is 15.9 Å². The molecule has 1 aromatic carbocycles. The maximum Gasteiger partial charge on any atom is 0.243 e. The van der Waals surface area contributed by atoms with Gasteiger partial charge in [0.05, 0.1) is 4.90 Å². The zero-order chi connectivity index (χ0) is 15.1. The number of hydrogen-bond acceptors (Lipinski definition) is 3. The fourth-order valence-electron chi connectivity index (χ4n) is 2.93. The Bertz CT molecular complexity index is 616. The van der Waals surface area contributed by atoms with Gasteiger partial charge in [0, 0.05) is 22.2 Å². The van der Waals surface area contributed by atoms with E-state index >= 15 is 0 Å². The Hall–Kier alpha value is -0.590. The Balaban J connectivity index is 2.53. The lowest BCUT2D eigenvalue weighted by atomic mass is 10.2. The monoisotopic (exact) mass is 360 g/mol. The van der Waals surface area contributed by atoms with Crippen LogP contribution < -0.4 is 5.73 Å². The van der Waals surface area contributed by atoms with E-state index in [-0.39, 0.29) is 12.1 Å². The summed E-state index contributed by atoms with van der Waals surface area (Å²) in [5, 5.41) is 0. The average molecular weight is 361 g/mol. The third-order valence-electron chi connectivity index (χ3n) is 4.03. The zero-order valence-corrected chi connectivity index (χ0v) is 14.5. The number of halogens is 1. The van der Waals surface area contributed by atoms with E-state index in [1.165, 1.54) is 0 Å². The lowest BCUT2D eigenvalue weighted by Crippen LogP contribution is -2.39. The van der Waals surface area contributed by atoms with Crippen LogP contribution in [0.1, 0.15) is 38.7 Å². The molecule has 1 aromatic rings. The minimum atomic E-state index is -3.49. The molecule has 0 aliphatic carbocycles. The standard InChI is InChI=1S/C14H21BrN2O2S/c1-4-11-6-5-10(3)17(11)20(18,19)14-8-13(16)12(15)7-9(14)2/h7-8,10-11H,4-6,16H2,1-3H3. The molecule has 1 saturated heterocycles. The molecule has 0 radical (unpaired) electrons. The Labute approximate surface area is 129 Å². The maximum atomic E-state index is 13.0. The first-order valence-corrected chi connectivity index (χ1v) is 9.11. The topological polar surface area (TPSA) is 63.4 Å². The van der Waals surface area contributed by atoms with Gasteiger partial charge in [0.2, 0.25) is 10.0 Å². The van der Waals surface area contributed by atoms with E-state index in [1.54, 1.807) is 23.4 Å². The highest BCUT2D eigenvalue weighted by molar-refractivity contribution is 9.10. The molecule has 112 valence electrons. The maximum absolute atomic E-state index is 13.0. The highest BCUT2D eigenvalue weighted by atomic mass is 79.9. The van der Waals surface area contributed by atoms with Crippen LogP contribution in [0.5, 0.6) is 0 Å². The van der Waals surface area contributed by atoms with Crippen LogP contribution in [0, 0.1) is 6.92 Å². The summed E-state index contributed by atoms with van der Waals surface area (Å²) in [6.45, 7) is 5.82. The van der Waals surface area contributed by atoms with Gasteiger partial charge in [0.15, 0.2) is 0 Å². The van der Waals surface area contributed by atoms with Crippen molar-refractivity contribution >= 4 is 31.6 Å². The predicted molar refractivity (Wildman–Crippen MR) is 85.1 cm³/mol. The summed E-state index contributed by atoms with van der Waals surface area (Å²) in [4.78, 5) is 0.324. The number of nitrogens with zero attached hydrogens (tertiary/aromatic N) is 1. The number of benzene rings is 1.